The van der Waals surface area contributed by atoms with E-state index in [1.165, 1.54) is 0 Å². The number of hydrogen-bond acceptors (Lipinski definition) is 1. The summed E-state index contributed by atoms with van der Waals surface area (Å²) >= 11 is 0. The minimum absolute atomic E-state index is 0. The van der Waals surface area contributed by atoms with Gasteiger partial charge in [-0.1, -0.05) is 6.42 Å². The summed E-state index contributed by atoms with van der Waals surface area (Å²) in [7, 11) is 0. The number of rotatable bonds is 2. The zero-order valence-electron chi connectivity index (χ0n) is 4.20. The molecule has 2 nitrogen and oxygen atoms in total. The Labute approximate surface area is 81.1 Å². The van der Waals surface area contributed by atoms with Crippen LogP contribution in [0.2, 0.25) is 0 Å². The molecular weight excluding hydrogens is 103 g/mol. The molecule has 0 spiro atoms. The van der Waals surface area contributed by atoms with E-state index in [1.54, 1.807) is 0 Å². The van der Waals surface area contributed by atoms with Gasteiger partial charge in [0.1, 0.15) is 0 Å². The van der Waals surface area contributed by atoms with E-state index in [4.69, 9.17) is 11.5 Å². The molecule has 0 aliphatic heterocycles. The molecule has 0 aromatic rings. The largest absolute Gasteiger partial charge is 1.00 e. The van der Waals surface area contributed by atoms with Crippen molar-refractivity contribution in [3.8, 4) is 0 Å². The first-order chi connectivity index (χ1) is 2.41. The third-order valence-electron chi connectivity index (χ3n) is 0.381. The van der Waals surface area contributed by atoms with Crippen LogP contribution in [0.5, 0.6) is 0 Å². The molecule has 3 heteroatoms. The molecule has 0 aliphatic rings. The van der Waals surface area contributed by atoms with Gasteiger partial charge in [-0.25, -0.2) is 0 Å². The van der Waals surface area contributed by atoms with Crippen molar-refractivity contribution in [2.45, 2.75) is 6.42 Å². The number of nitrogens with one attached hydrogen (secondary N) is 1. The summed E-state index contributed by atoms with van der Waals surface area (Å²) in [6.07, 6.45) is 0.833. The van der Waals surface area contributed by atoms with Gasteiger partial charge in [-0.3, -0.25) is 0 Å². The van der Waals surface area contributed by atoms with Crippen LogP contribution in [0.15, 0.2) is 0 Å². The molecule has 0 aliphatic carbocycles. The van der Waals surface area contributed by atoms with Crippen molar-refractivity contribution >= 4 is 0 Å². The van der Waals surface area contributed by atoms with E-state index < -0.39 is 0 Å². The zero-order chi connectivity index (χ0) is 4.12. The average molecular weight is 112 g/mol. The molecule has 0 saturated carbocycles. The SMILES string of the molecule is [K+].[NH-]CCCN. The van der Waals surface area contributed by atoms with E-state index >= 15 is 0 Å². The maximum atomic E-state index is 6.52. The molecule has 0 saturated heterocycles. The minimum Gasteiger partial charge on any atom is -0.677 e. The fourth-order valence-corrected chi connectivity index (χ4v) is 0.102. The van der Waals surface area contributed by atoms with Crippen molar-refractivity contribution in [3.05, 3.63) is 5.73 Å². The summed E-state index contributed by atoms with van der Waals surface area (Å²) in [4.78, 5) is 0. The first-order valence-electron chi connectivity index (χ1n) is 1.76. The van der Waals surface area contributed by atoms with Gasteiger partial charge in [0.25, 0.3) is 0 Å². The van der Waals surface area contributed by atoms with Crippen molar-refractivity contribution in [2.24, 2.45) is 5.73 Å². The molecule has 0 bridgehead atoms. The Hall–Kier alpha value is 1.56. The second-order valence-electron chi connectivity index (χ2n) is 0.892. The van der Waals surface area contributed by atoms with Crippen molar-refractivity contribution in [3.63, 3.8) is 0 Å². The summed E-state index contributed by atoms with van der Waals surface area (Å²) in [6.45, 7) is 1.12. The van der Waals surface area contributed by atoms with Crippen LogP contribution in [0.1, 0.15) is 6.42 Å². The van der Waals surface area contributed by atoms with Crippen molar-refractivity contribution in [1.29, 1.82) is 0 Å². The molecule has 0 heterocycles. The van der Waals surface area contributed by atoms with E-state index in [2.05, 4.69) is 0 Å². The summed E-state index contributed by atoms with van der Waals surface area (Å²) in [5.41, 5.74) is 11.5. The van der Waals surface area contributed by atoms with E-state index in [0.29, 0.717) is 13.1 Å². The Morgan fingerprint density at radius 3 is 2.00 bits per heavy atom. The fraction of sp³-hybridized carbons (Fsp3) is 1.00. The molecule has 0 unspecified atom stereocenters. The van der Waals surface area contributed by atoms with Gasteiger partial charge in [0.15, 0.2) is 0 Å². The smallest absolute Gasteiger partial charge is 0.677 e. The monoisotopic (exact) mass is 112 g/mol. The quantitative estimate of drug-likeness (QED) is 0.391. The normalized spacial score (nSPS) is 7.00. The molecule has 32 valence electrons. The molecule has 0 rings (SSSR count). The van der Waals surface area contributed by atoms with E-state index in [9.17, 15) is 0 Å². The van der Waals surface area contributed by atoms with Crippen LogP contribution >= 0.6 is 0 Å². The van der Waals surface area contributed by atoms with Gasteiger partial charge in [-0.15, -0.1) is 6.54 Å². The van der Waals surface area contributed by atoms with Crippen LogP contribution in [-0.4, -0.2) is 13.1 Å². The van der Waals surface area contributed by atoms with Gasteiger partial charge in [0, 0.05) is 0 Å². The Balaban J connectivity index is 0. The maximum Gasteiger partial charge on any atom is 1.00 e. The third kappa shape index (κ3) is 9.12. The molecule has 0 fully saturated rings. The summed E-state index contributed by atoms with van der Waals surface area (Å²) in [6, 6.07) is 0. The Kier molecular flexibility index (Phi) is 17.1. The standard InChI is InChI=1S/C3H9N2.K/c4-2-1-3-5;/h4H,1-3,5H2;/q-1;+1. The van der Waals surface area contributed by atoms with Crippen LogP contribution in [0.4, 0.5) is 0 Å². The molecule has 6 heavy (non-hydrogen) atoms. The van der Waals surface area contributed by atoms with E-state index in [1.807, 2.05) is 0 Å². The molecule has 0 aromatic carbocycles. The van der Waals surface area contributed by atoms with Gasteiger partial charge in [-0.05, 0) is 6.54 Å². The summed E-state index contributed by atoms with van der Waals surface area (Å²) in [5.74, 6) is 0. The van der Waals surface area contributed by atoms with Gasteiger partial charge in [0.05, 0.1) is 0 Å². The number of hydrogen-bond donors (Lipinski definition) is 1. The molecule has 0 atom stereocenters. The van der Waals surface area contributed by atoms with Gasteiger partial charge < -0.3 is 11.5 Å². The summed E-state index contributed by atoms with van der Waals surface area (Å²) < 4.78 is 0. The van der Waals surface area contributed by atoms with Gasteiger partial charge >= 0.3 is 51.4 Å². The maximum absolute atomic E-state index is 6.52. The Bertz CT molecular complexity index is 16.3. The third-order valence-corrected chi connectivity index (χ3v) is 0.381. The van der Waals surface area contributed by atoms with Crippen LogP contribution in [0, 0.1) is 0 Å². The van der Waals surface area contributed by atoms with Crippen molar-refractivity contribution in [2.75, 3.05) is 13.1 Å². The van der Waals surface area contributed by atoms with Crippen LogP contribution in [-0.2, 0) is 0 Å². The van der Waals surface area contributed by atoms with Crippen LogP contribution in [0.3, 0.4) is 0 Å². The first-order valence-corrected chi connectivity index (χ1v) is 1.76. The van der Waals surface area contributed by atoms with E-state index in [0.717, 1.165) is 6.42 Å². The molecular formula is C3H9KN2. The van der Waals surface area contributed by atoms with Crippen LogP contribution < -0.4 is 57.1 Å². The van der Waals surface area contributed by atoms with Crippen molar-refractivity contribution in [1.82, 2.24) is 0 Å². The van der Waals surface area contributed by atoms with Gasteiger partial charge in [0.2, 0.25) is 0 Å². The second kappa shape index (κ2) is 9.75. The predicted octanol–water partition coefficient (Wildman–Crippen LogP) is -2.61. The minimum atomic E-state index is 0. The van der Waals surface area contributed by atoms with Crippen molar-refractivity contribution < 1.29 is 51.4 Å². The van der Waals surface area contributed by atoms with Crippen LogP contribution in [0.25, 0.3) is 5.73 Å². The molecule has 0 amide bonds. The second-order valence-corrected chi connectivity index (χ2v) is 0.892. The fourth-order valence-electron chi connectivity index (χ4n) is 0.102. The summed E-state index contributed by atoms with van der Waals surface area (Å²) in [5, 5.41) is 0. The zero-order valence-corrected chi connectivity index (χ0v) is 7.32. The topological polar surface area (TPSA) is 49.8 Å². The first kappa shape index (κ1) is 10.5. The Morgan fingerprint density at radius 2 is 2.00 bits per heavy atom. The predicted molar refractivity (Wildman–Crippen MR) is 22.9 cm³/mol. The van der Waals surface area contributed by atoms with Gasteiger partial charge in [-0.2, -0.15) is 0 Å². The molecule has 0 aromatic heterocycles. The van der Waals surface area contributed by atoms with E-state index in [-0.39, 0.29) is 51.4 Å². The molecule has 3 N–H and O–H groups in total. The number of nitrogens with two attached hydrogens (primary N) is 1. The average Bonchev–Trinajstić information content (AvgIpc) is 1.41. The Morgan fingerprint density at radius 1 is 1.50 bits per heavy atom. The molecule has 0 radical (unpaired) electrons.